The molecule has 0 aliphatic heterocycles. The molecule has 0 unspecified atom stereocenters. The largest absolute Gasteiger partial charge is 0.343 e. The highest BCUT2D eigenvalue weighted by Gasteiger charge is 2.16. The van der Waals surface area contributed by atoms with Crippen molar-refractivity contribution in [2.45, 2.75) is 23.7 Å². The van der Waals surface area contributed by atoms with E-state index in [1.165, 1.54) is 16.3 Å². The summed E-state index contributed by atoms with van der Waals surface area (Å²) in [7, 11) is 0. The molecule has 7 nitrogen and oxygen atoms in total. The minimum Gasteiger partial charge on any atom is -0.296 e. The first-order chi connectivity index (χ1) is 9.74. The van der Waals surface area contributed by atoms with Crippen LogP contribution in [0, 0.1) is 0 Å². The molecular formula is C12H11N5O2S. The molecule has 102 valence electrons. The van der Waals surface area contributed by atoms with E-state index in [2.05, 4.69) is 15.2 Å². The second kappa shape index (κ2) is 4.97. The molecule has 0 saturated heterocycles. The zero-order chi connectivity index (χ0) is 14.1. The van der Waals surface area contributed by atoms with E-state index in [0.29, 0.717) is 28.1 Å². The van der Waals surface area contributed by atoms with Crippen molar-refractivity contribution in [1.29, 1.82) is 0 Å². The van der Waals surface area contributed by atoms with Gasteiger partial charge in [-0.3, -0.25) is 13.8 Å². The van der Waals surface area contributed by atoms with E-state index < -0.39 is 0 Å². The number of hydrogen-bond donors (Lipinski definition) is 1. The number of aromatic nitrogens is 5. The van der Waals surface area contributed by atoms with Gasteiger partial charge in [0.2, 0.25) is 0 Å². The summed E-state index contributed by atoms with van der Waals surface area (Å²) in [5.41, 5.74) is 0.855. The average molecular weight is 289 g/mol. The maximum absolute atomic E-state index is 11.5. The quantitative estimate of drug-likeness (QED) is 0.729. The fourth-order valence-electron chi connectivity index (χ4n) is 1.92. The number of aldehydes is 1. The fourth-order valence-corrected chi connectivity index (χ4v) is 2.90. The molecule has 3 heterocycles. The summed E-state index contributed by atoms with van der Waals surface area (Å²) in [4.78, 5) is 27.2. The molecule has 3 rings (SSSR count). The number of rotatable bonds is 4. The molecule has 0 aliphatic carbocycles. The van der Waals surface area contributed by atoms with Crippen LogP contribution in [0.1, 0.15) is 17.4 Å². The van der Waals surface area contributed by atoms with Gasteiger partial charge in [-0.2, -0.15) is 0 Å². The first kappa shape index (κ1) is 12.7. The lowest BCUT2D eigenvalue weighted by Gasteiger charge is -1.99. The molecule has 20 heavy (non-hydrogen) atoms. The van der Waals surface area contributed by atoms with Gasteiger partial charge < -0.3 is 0 Å². The number of nitrogens with zero attached hydrogens (tertiary/aromatic N) is 4. The van der Waals surface area contributed by atoms with Crippen LogP contribution >= 0.6 is 11.8 Å². The number of carbonyl (C=O) groups excluding carboxylic acids is 1. The summed E-state index contributed by atoms with van der Waals surface area (Å²) in [6, 6.07) is 5.49. The number of H-pyrrole nitrogens is 1. The van der Waals surface area contributed by atoms with Crippen molar-refractivity contribution >= 4 is 23.7 Å². The van der Waals surface area contributed by atoms with Crippen molar-refractivity contribution < 1.29 is 4.79 Å². The summed E-state index contributed by atoms with van der Waals surface area (Å²) in [5, 5.41) is 7.36. The highest BCUT2D eigenvalue weighted by molar-refractivity contribution is 7.99. The van der Waals surface area contributed by atoms with Crippen LogP contribution in [0.2, 0.25) is 0 Å². The van der Waals surface area contributed by atoms with Gasteiger partial charge in [-0.1, -0.05) is 6.07 Å². The van der Waals surface area contributed by atoms with Crippen molar-refractivity contribution in [3.8, 4) is 0 Å². The second-order valence-electron chi connectivity index (χ2n) is 4.01. The van der Waals surface area contributed by atoms with Crippen LogP contribution in [-0.2, 0) is 6.54 Å². The van der Waals surface area contributed by atoms with Crippen molar-refractivity contribution in [2.24, 2.45) is 0 Å². The third-order valence-corrected chi connectivity index (χ3v) is 3.86. The maximum atomic E-state index is 11.5. The van der Waals surface area contributed by atoms with E-state index in [9.17, 15) is 9.59 Å². The number of carbonyl (C=O) groups is 1. The van der Waals surface area contributed by atoms with E-state index in [1.54, 1.807) is 10.6 Å². The van der Waals surface area contributed by atoms with E-state index >= 15 is 0 Å². The van der Waals surface area contributed by atoms with Crippen molar-refractivity contribution in [3.63, 3.8) is 0 Å². The number of fused-ring (bicyclic) bond motifs is 1. The zero-order valence-electron chi connectivity index (χ0n) is 10.6. The minimum absolute atomic E-state index is 0.272. The van der Waals surface area contributed by atoms with Gasteiger partial charge in [0.05, 0.1) is 0 Å². The van der Waals surface area contributed by atoms with E-state index in [4.69, 9.17) is 0 Å². The minimum atomic E-state index is -0.272. The maximum Gasteiger partial charge on any atom is 0.343 e. The van der Waals surface area contributed by atoms with Gasteiger partial charge in [0, 0.05) is 12.7 Å². The smallest absolute Gasteiger partial charge is 0.296 e. The molecule has 0 aliphatic rings. The summed E-state index contributed by atoms with van der Waals surface area (Å²) in [6.45, 7) is 2.35. The summed E-state index contributed by atoms with van der Waals surface area (Å²) in [5.74, 6) is 0. The number of hydrogen-bond acceptors (Lipinski definition) is 5. The molecular weight excluding hydrogens is 278 g/mol. The van der Waals surface area contributed by atoms with Gasteiger partial charge in [-0.15, -0.1) is 5.10 Å². The zero-order valence-corrected chi connectivity index (χ0v) is 11.4. The van der Waals surface area contributed by atoms with Gasteiger partial charge in [0.1, 0.15) is 16.4 Å². The Hall–Kier alpha value is -2.35. The fraction of sp³-hybridized carbons (Fsp3) is 0.167. The highest BCUT2D eigenvalue weighted by Crippen LogP contribution is 2.27. The summed E-state index contributed by atoms with van der Waals surface area (Å²) < 4.78 is 3.19. The van der Waals surface area contributed by atoms with Crippen LogP contribution in [0.25, 0.3) is 5.65 Å². The van der Waals surface area contributed by atoms with E-state index in [0.717, 1.165) is 6.29 Å². The number of nitrogens with one attached hydrogen (secondary N) is 1. The third kappa shape index (κ3) is 1.94. The van der Waals surface area contributed by atoms with E-state index in [-0.39, 0.29) is 5.69 Å². The van der Waals surface area contributed by atoms with Crippen molar-refractivity contribution in [2.75, 3.05) is 0 Å². The van der Waals surface area contributed by atoms with Crippen LogP contribution in [0.15, 0.2) is 39.4 Å². The first-order valence-electron chi connectivity index (χ1n) is 6.00. The summed E-state index contributed by atoms with van der Waals surface area (Å²) >= 11 is 1.19. The SMILES string of the molecule is CCn1c(Sc2nc3ccccn3c2C=O)n[nH]c1=O. The Morgan fingerprint density at radius 1 is 1.45 bits per heavy atom. The molecule has 3 aromatic rings. The van der Waals surface area contributed by atoms with Crippen LogP contribution < -0.4 is 5.69 Å². The Balaban J connectivity index is 2.10. The van der Waals surface area contributed by atoms with Crippen LogP contribution in [0.4, 0.5) is 0 Å². The highest BCUT2D eigenvalue weighted by atomic mass is 32.2. The molecule has 0 atom stereocenters. The number of imidazole rings is 1. The molecule has 0 bridgehead atoms. The lowest BCUT2D eigenvalue weighted by Crippen LogP contribution is -2.16. The molecule has 0 saturated carbocycles. The van der Waals surface area contributed by atoms with Gasteiger partial charge >= 0.3 is 5.69 Å². The lowest BCUT2D eigenvalue weighted by atomic mass is 10.4. The Morgan fingerprint density at radius 2 is 2.30 bits per heavy atom. The van der Waals surface area contributed by atoms with Crippen LogP contribution in [0.5, 0.6) is 0 Å². The van der Waals surface area contributed by atoms with E-state index in [1.807, 2.05) is 25.1 Å². The first-order valence-corrected chi connectivity index (χ1v) is 6.81. The molecule has 8 heteroatoms. The molecule has 3 aromatic heterocycles. The van der Waals surface area contributed by atoms with Gasteiger partial charge in [0.15, 0.2) is 11.4 Å². The van der Waals surface area contributed by atoms with Crippen molar-refractivity contribution in [1.82, 2.24) is 24.1 Å². The molecule has 0 radical (unpaired) electrons. The predicted molar refractivity (Wildman–Crippen MR) is 73.2 cm³/mol. The Labute approximate surface area is 117 Å². The molecule has 0 aromatic carbocycles. The Kier molecular flexibility index (Phi) is 3.15. The molecule has 0 amide bonds. The standard InChI is InChI=1S/C12H11N5O2S/c1-2-16-11(19)14-15-12(16)20-10-8(7-18)17-6-4-3-5-9(17)13-10/h3-7H,2H2,1H3,(H,14,19). The topological polar surface area (TPSA) is 85.0 Å². The Bertz CT molecular complexity index is 832. The molecule has 0 spiro atoms. The summed E-state index contributed by atoms with van der Waals surface area (Å²) in [6.07, 6.45) is 2.52. The molecule has 0 fully saturated rings. The monoisotopic (exact) mass is 289 g/mol. The van der Waals surface area contributed by atoms with Crippen LogP contribution in [0.3, 0.4) is 0 Å². The predicted octanol–water partition coefficient (Wildman–Crippen LogP) is 1.20. The molecule has 1 N–H and O–H groups in total. The van der Waals surface area contributed by atoms with Crippen LogP contribution in [-0.4, -0.2) is 30.4 Å². The Morgan fingerprint density at radius 3 is 3.05 bits per heavy atom. The number of aromatic amines is 1. The number of pyridine rings is 1. The third-order valence-electron chi connectivity index (χ3n) is 2.87. The van der Waals surface area contributed by atoms with Gasteiger partial charge in [-0.25, -0.2) is 14.9 Å². The van der Waals surface area contributed by atoms with Crippen molar-refractivity contribution in [3.05, 3.63) is 40.6 Å². The average Bonchev–Trinajstić information content (AvgIpc) is 2.99. The van der Waals surface area contributed by atoms with Gasteiger partial charge in [0.25, 0.3) is 0 Å². The van der Waals surface area contributed by atoms with Gasteiger partial charge in [-0.05, 0) is 30.8 Å². The normalized spacial score (nSPS) is 11.1. The second-order valence-corrected chi connectivity index (χ2v) is 4.96. The lowest BCUT2D eigenvalue weighted by molar-refractivity contribution is 0.111.